The van der Waals surface area contributed by atoms with Gasteiger partial charge in [0.1, 0.15) is 0 Å². The highest BCUT2D eigenvalue weighted by molar-refractivity contribution is 7.71. The van der Waals surface area contributed by atoms with Gasteiger partial charge in [-0.15, -0.1) is 0 Å². The number of methoxy groups -OCH3 is 2. The lowest BCUT2D eigenvalue weighted by atomic mass is 10.2. The Bertz CT molecular complexity index is 1110. The molecule has 0 spiro atoms. The van der Waals surface area contributed by atoms with Gasteiger partial charge in [-0.05, 0) is 48.8 Å². The van der Waals surface area contributed by atoms with Gasteiger partial charge in [-0.3, -0.25) is 9.36 Å². The third-order valence-electron chi connectivity index (χ3n) is 5.23. The van der Waals surface area contributed by atoms with E-state index >= 15 is 0 Å². The molecule has 2 aromatic carbocycles. The molecule has 1 fully saturated rings. The number of hydrogen-bond acceptors (Lipinski definition) is 5. The number of anilines is 1. The fourth-order valence-electron chi connectivity index (χ4n) is 3.69. The standard InChI is InChI=1S/C21H23N3O3S/c1-26-18-11-16-17(12-19(18)27-2)22-21(28)24(20(16)25)13-14-5-7-15(8-6-14)23-9-3-4-10-23/h5-8,11-12H,3-4,9-10,13H2,1-2H3,(H,22,28). The Labute approximate surface area is 168 Å². The second kappa shape index (κ2) is 7.67. The van der Waals surface area contributed by atoms with E-state index in [1.165, 1.54) is 18.5 Å². The molecule has 3 aromatic rings. The summed E-state index contributed by atoms with van der Waals surface area (Å²) in [4.78, 5) is 18.6. The van der Waals surface area contributed by atoms with Crippen LogP contribution in [-0.2, 0) is 6.54 Å². The number of aromatic nitrogens is 2. The van der Waals surface area contributed by atoms with Crippen LogP contribution in [0.3, 0.4) is 0 Å². The van der Waals surface area contributed by atoms with Crippen LogP contribution in [0.1, 0.15) is 18.4 Å². The van der Waals surface area contributed by atoms with Crippen LogP contribution >= 0.6 is 12.2 Å². The van der Waals surface area contributed by atoms with Gasteiger partial charge in [0.2, 0.25) is 0 Å². The van der Waals surface area contributed by atoms with E-state index < -0.39 is 0 Å². The minimum atomic E-state index is -0.150. The Balaban J connectivity index is 1.70. The van der Waals surface area contributed by atoms with Crippen molar-refractivity contribution < 1.29 is 9.47 Å². The van der Waals surface area contributed by atoms with Gasteiger partial charge in [0.15, 0.2) is 16.3 Å². The monoisotopic (exact) mass is 397 g/mol. The minimum Gasteiger partial charge on any atom is -0.493 e. The molecule has 28 heavy (non-hydrogen) atoms. The molecule has 2 heterocycles. The molecule has 0 bridgehead atoms. The van der Waals surface area contributed by atoms with Gasteiger partial charge in [-0.25, -0.2) is 0 Å². The molecule has 1 aliphatic heterocycles. The number of H-pyrrole nitrogens is 1. The molecule has 0 unspecified atom stereocenters. The highest BCUT2D eigenvalue weighted by Gasteiger charge is 2.14. The maximum Gasteiger partial charge on any atom is 0.262 e. The average molecular weight is 398 g/mol. The van der Waals surface area contributed by atoms with Crippen molar-refractivity contribution in [3.05, 3.63) is 57.1 Å². The second-order valence-corrected chi connectivity index (χ2v) is 7.32. The molecule has 7 heteroatoms. The van der Waals surface area contributed by atoms with Crippen LogP contribution in [0.25, 0.3) is 10.9 Å². The number of nitrogens with zero attached hydrogens (tertiary/aromatic N) is 2. The molecule has 0 atom stereocenters. The molecule has 0 amide bonds. The normalized spacial score (nSPS) is 13.9. The third-order valence-corrected chi connectivity index (χ3v) is 5.56. The van der Waals surface area contributed by atoms with Crippen molar-refractivity contribution in [3.8, 4) is 11.5 Å². The molecule has 146 valence electrons. The summed E-state index contributed by atoms with van der Waals surface area (Å²) in [7, 11) is 3.11. The summed E-state index contributed by atoms with van der Waals surface area (Å²) in [5.74, 6) is 1.06. The Kier molecular flexibility index (Phi) is 5.09. The zero-order valence-electron chi connectivity index (χ0n) is 16.0. The van der Waals surface area contributed by atoms with E-state index in [0.717, 1.165) is 18.7 Å². The predicted octanol–water partition coefficient (Wildman–Crippen LogP) is 3.72. The van der Waals surface area contributed by atoms with Crippen molar-refractivity contribution in [1.82, 2.24) is 9.55 Å². The Morgan fingerprint density at radius 1 is 1.04 bits per heavy atom. The average Bonchev–Trinajstić information content (AvgIpc) is 3.25. The summed E-state index contributed by atoms with van der Waals surface area (Å²) in [6, 6.07) is 11.8. The number of ether oxygens (including phenoxy) is 2. The summed E-state index contributed by atoms with van der Waals surface area (Å²) >= 11 is 5.45. The van der Waals surface area contributed by atoms with Crippen molar-refractivity contribution in [3.63, 3.8) is 0 Å². The second-order valence-electron chi connectivity index (χ2n) is 6.93. The highest BCUT2D eigenvalue weighted by atomic mass is 32.1. The van der Waals surface area contributed by atoms with E-state index in [9.17, 15) is 4.79 Å². The van der Waals surface area contributed by atoms with E-state index in [-0.39, 0.29) is 5.56 Å². The number of nitrogens with one attached hydrogen (secondary N) is 1. The third kappa shape index (κ3) is 3.38. The lowest BCUT2D eigenvalue weighted by molar-refractivity contribution is 0.355. The molecule has 0 radical (unpaired) electrons. The van der Waals surface area contributed by atoms with E-state index in [1.54, 1.807) is 30.9 Å². The molecule has 1 saturated heterocycles. The van der Waals surface area contributed by atoms with Crippen molar-refractivity contribution in [2.45, 2.75) is 19.4 Å². The summed E-state index contributed by atoms with van der Waals surface area (Å²) in [5.41, 5.74) is 2.75. The molecule has 1 aliphatic rings. The summed E-state index contributed by atoms with van der Waals surface area (Å²) < 4.78 is 12.6. The Morgan fingerprint density at radius 3 is 2.32 bits per heavy atom. The van der Waals surface area contributed by atoms with Crippen LogP contribution in [0.15, 0.2) is 41.2 Å². The van der Waals surface area contributed by atoms with Gasteiger partial charge in [0.25, 0.3) is 5.56 Å². The smallest absolute Gasteiger partial charge is 0.262 e. The summed E-state index contributed by atoms with van der Waals surface area (Å²) in [6.45, 7) is 2.64. The molecule has 1 aromatic heterocycles. The zero-order valence-corrected chi connectivity index (χ0v) is 16.8. The highest BCUT2D eigenvalue weighted by Crippen LogP contribution is 2.30. The van der Waals surface area contributed by atoms with Crippen LogP contribution in [0.5, 0.6) is 11.5 Å². The fourth-order valence-corrected chi connectivity index (χ4v) is 3.95. The number of hydrogen-bond donors (Lipinski definition) is 1. The van der Waals surface area contributed by atoms with Crippen LogP contribution in [-0.4, -0.2) is 36.9 Å². The minimum absolute atomic E-state index is 0.150. The largest absolute Gasteiger partial charge is 0.493 e. The lowest BCUT2D eigenvalue weighted by Gasteiger charge is -2.18. The lowest BCUT2D eigenvalue weighted by Crippen LogP contribution is -2.23. The van der Waals surface area contributed by atoms with E-state index in [4.69, 9.17) is 21.7 Å². The van der Waals surface area contributed by atoms with Crippen LogP contribution < -0.4 is 19.9 Å². The van der Waals surface area contributed by atoms with Crippen LogP contribution in [0, 0.1) is 4.77 Å². The SMILES string of the molecule is COc1cc2[nH]c(=S)n(Cc3ccc(N4CCCC4)cc3)c(=O)c2cc1OC. The van der Waals surface area contributed by atoms with Crippen molar-refractivity contribution in [1.29, 1.82) is 0 Å². The van der Waals surface area contributed by atoms with Gasteiger partial charge in [-0.1, -0.05) is 12.1 Å². The van der Waals surface area contributed by atoms with Gasteiger partial charge < -0.3 is 19.4 Å². The number of fused-ring (bicyclic) bond motifs is 1. The molecule has 4 rings (SSSR count). The summed E-state index contributed by atoms with van der Waals surface area (Å²) in [5, 5.41) is 0.514. The predicted molar refractivity (Wildman–Crippen MR) is 113 cm³/mol. The van der Waals surface area contributed by atoms with Crippen molar-refractivity contribution in [2.75, 3.05) is 32.2 Å². The van der Waals surface area contributed by atoms with Crippen molar-refractivity contribution >= 4 is 28.8 Å². The molecule has 0 saturated carbocycles. The summed E-state index contributed by atoms with van der Waals surface area (Å²) in [6.07, 6.45) is 2.50. The molecular formula is C21H23N3O3S. The zero-order chi connectivity index (χ0) is 19.7. The first-order chi connectivity index (χ1) is 13.6. The van der Waals surface area contributed by atoms with E-state index in [0.29, 0.717) is 33.7 Å². The Morgan fingerprint density at radius 2 is 1.68 bits per heavy atom. The quantitative estimate of drug-likeness (QED) is 0.665. The first-order valence-electron chi connectivity index (χ1n) is 9.33. The number of aromatic amines is 1. The topological polar surface area (TPSA) is 59.5 Å². The number of rotatable bonds is 5. The maximum atomic E-state index is 13.1. The van der Waals surface area contributed by atoms with E-state index in [2.05, 4.69) is 34.1 Å². The van der Waals surface area contributed by atoms with Gasteiger partial charge in [0, 0.05) is 24.8 Å². The van der Waals surface area contributed by atoms with Crippen molar-refractivity contribution in [2.24, 2.45) is 0 Å². The molecular weight excluding hydrogens is 374 g/mol. The number of benzene rings is 2. The molecule has 0 aliphatic carbocycles. The van der Waals surface area contributed by atoms with Crippen LogP contribution in [0.4, 0.5) is 5.69 Å². The molecule has 1 N–H and O–H groups in total. The fraction of sp³-hybridized carbons (Fsp3) is 0.333. The Hall–Kier alpha value is -2.80. The van der Waals surface area contributed by atoms with E-state index in [1.807, 2.05) is 0 Å². The van der Waals surface area contributed by atoms with Gasteiger partial charge >= 0.3 is 0 Å². The first kappa shape index (κ1) is 18.6. The molecule has 6 nitrogen and oxygen atoms in total. The maximum absolute atomic E-state index is 13.1. The van der Waals surface area contributed by atoms with Gasteiger partial charge in [-0.2, -0.15) is 0 Å². The van der Waals surface area contributed by atoms with Crippen LogP contribution in [0.2, 0.25) is 0 Å². The van der Waals surface area contributed by atoms with Gasteiger partial charge in [0.05, 0.1) is 31.7 Å². The first-order valence-corrected chi connectivity index (χ1v) is 9.74.